The molecule has 0 unspecified atom stereocenters. The molecular weight excluding hydrogens is 514 g/mol. The molecule has 0 bridgehead atoms. The molecule has 2 aromatic heterocycles. The number of benzene rings is 2. The number of hydrogen-bond acceptors (Lipinski definition) is 6. The van der Waals surface area contributed by atoms with E-state index >= 15 is 0 Å². The van der Waals surface area contributed by atoms with Gasteiger partial charge >= 0.3 is 0 Å². The largest absolute Gasteiger partial charge is 0.497 e. The highest BCUT2D eigenvalue weighted by molar-refractivity contribution is 6.11. The Labute approximate surface area is 239 Å². The Balaban J connectivity index is 1.55. The van der Waals surface area contributed by atoms with E-state index in [1.807, 2.05) is 18.2 Å². The minimum atomic E-state index is -0.392. The summed E-state index contributed by atoms with van der Waals surface area (Å²) in [5.41, 5.74) is 6.43. The van der Waals surface area contributed by atoms with Crippen molar-refractivity contribution in [2.24, 2.45) is 0 Å². The fourth-order valence-electron chi connectivity index (χ4n) is 6.83. The Morgan fingerprint density at radius 1 is 1.07 bits per heavy atom. The van der Waals surface area contributed by atoms with Crippen molar-refractivity contribution in [2.75, 3.05) is 37.0 Å². The van der Waals surface area contributed by atoms with Crippen LogP contribution in [-0.2, 0) is 9.59 Å². The highest BCUT2D eigenvalue weighted by Gasteiger charge is 2.43. The predicted molar refractivity (Wildman–Crippen MR) is 162 cm³/mol. The first-order valence-corrected chi connectivity index (χ1v) is 14.5. The summed E-state index contributed by atoms with van der Waals surface area (Å²) >= 11 is 0. The summed E-state index contributed by atoms with van der Waals surface area (Å²) in [6.45, 7) is 7.89. The summed E-state index contributed by atoms with van der Waals surface area (Å²) in [6.07, 6.45) is 5.62. The van der Waals surface area contributed by atoms with Crippen LogP contribution >= 0.6 is 0 Å². The highest BCUT2D eigenvalue weighted by atomic mass is 16.5. The molecule has 2 amide bonds. The molecule has 8 heteroatoms. The van der Waals surface area contributed by atoms with Crippen LogP contribution in [0.15, 0.2) is 59.9 Å². The number of anilines is 2. The zero-order chi connectivity index (χ0) is 28.4. The van der Waals surface area contributed by atoms with Crippen molar-refractivity contribution in [3.63, 3.8) is 0 Å². The Morgan fingerprint density at radius 3 is 2.61 bits per heavy atom. The second-order valence-corrected chi connectivity index (χ2v) is 11.7. The van der Waals surface area contributed by atoms with Crippen LogP contribution in [0.25, 0.3) is 21.8 Å². The van der Waals surface area contributed by atoms with E-state index in [0.717, 1.165) is 81.8 Å². The van der Waals surface area contributed by atoms with Crippen molar-refractivity contribution in [3.8, 4) is 5.75 Å². The number of carbonyl (C=O) groups is 2. The van der Waals surface area contributed by atoms with E-state index < -0.39 is 5.92 Å². The van der Waals surface area contributed by atoms with E-state index in [1.54, 1.807) is 7.11 Å². The molecule has 8 nitrogen and oxygen atoms in total. The molecule has 4 aromatic rings. The van der Waals surface area contributed by atoms with Gasteiger partial charge in [0.15, 0.2) is 0 Å². The zero-order valence-corrected chi connectivity index (χ0v) is 24.0. The fraction of sp³-hybridized carbons (Fsp3) is 0.364. The summed E-state index contributed by atoms with van der Waals surface area (Å²) in [6, 6.07) is 14.7. The van der Waals surface area contributed by atoms with Crippen LogP contribution < -0.4 is 15.0 Å². The van der Waals surface area contributed by atoms with Crippen LogP contribution in [0, 0.1) is 0 Å². The van der Waals surface area contributed by atoms with E-state index in [-0.39, 0.29) is 24.4 Å². The van der Waals surface area contributed by atoms with Crippen LogP contribution in [-0.4, -0.2) is 53.0 Å². The van der Waals surface area contributed by atoms with Crippen molar-refractivity contribution in [1.82, 2.24) is 14.5 Å². The Hall–Kier alpha value is -4.33. The van der Waals surface area contributed by atoms with Crippen molar-refractivity contribution in [3.05, 3.63) is 71.1 Å². The van der Waals surface area contributed by atoms with Gasteiger partial charge in [0, 0.05) is 72.0 Å². The number of carbonyl (C=O) groups excluding carboxylic acids is 2. The van der Waals surface area contributed by atoms with Gasteiger partial charge in [-0.05, 0) is 69.0 Å². The van der Waals surface area contributed by atoms with Crippen molar-refractivity contribution >= 4 is 45.1 Å². The van der Waals surface area contributed by atoms with Gasteiger partial charge < -0.3 is 19.5 Å². The lowest BCUT2D eigenvalue weighted by atomic mass is 9.83. The lowest BCUT2D eigenvalue weighted by molar-refractivity contribution is -0.139. The molecule has 7 rings (SSSR count). The van der Waals surface area contributed by atoms with Gasteiger partial charge in [0.05, 0.1) is 30.3 Å². The number of aromatic nitrogens is 2. The van der Waals surface area contributed by atoms with Gasteiger partial charge in [-0.2, -0.15) is 0 Å². The first-order valence-electron chi connectivity index (χ1n) is 14.5. The fourth-order valence-corrected chi connectivity index (χ4v) is 6.83. The van der Waals surface area contributed by atoms with Gasteiger partial charge in [-0.15, -0.1) is 0 Å². The number of piperidine rings is 1. The minimum Gasteiger partial charge on any atom is -0.497 e. The average molecular weight is 550 g/mol. The maximum absolute atomic E-state index is 14.1. The summed E-state index contributed by atoms with van der Waals surface area (Å²) in [7, 11) is 1.67. The van der Waals surface area contributed by atoms with Gasteiger partial charge in [0.2, 0.25) is 5.91 Å². The second-order valence-electron chi connectivity index (χ2n) is 11.7. The molecule has 0 radical (unpaired) electrons. The molecule has 2 aromatic carbocycles. The summed E-state index contributed by atoms with van der Waals surface area (Å²) < 4.78 is 7.81. The van der Waals surface area contributed by atoms with Crippen LogP contribution in [0.2, 0.25) is 0 Å². The van der Waals surface area contributed by atoms with Crippen LogP contribution in [0.1, 0.15) is 63.1 Å². The molecule has 0 saturated carbocycles. The van der Waals surface area contributed by atoms with Gasteiger partial charge in [0.1, 0.15) is 11.6 Å². The number of amides is 2. The minimum absolute atomic E-state index is 0.229. The summed E-state index contributed by atoms with van der Waals surface area (Å²) in [5.74, 6) is 0.792. The van der Waals surface area contributed by atoms with Gasteiger partial charge in [-0.1, -0.05) is 6.07 Å². The Bertz CT molecular complexity index is 1760. The number of methoxy groups -OCH3 is 1. The number of pyridine rings is 1. The van der Waals surface area contributed by atoms with Crippen molar-refractivity contribution < 1.29 is 14.3 Å². The monoisotopic (exact) mass is 549 g/mol. The second kappa shape index (κ2) is 9.65. The normalized spacial score (nSPS) is 18.8. The van der Waals surface area contributed by atoms with Crippen LogP contribution in [0.5, 0.6) is 5.75 Å². The standard InChI is InChI=1S/C33H35N5O3/c1-19(2)37-17-24-29(31-27(18-38(20(3)39)33(31)40)34-25-9-8-10-28(37)30(24)25)23-15-21-11-12-22(41-4)16-26(21)35-32(23)36-13-6-5-7-14-36/h8-12,15-17,19,29,34H,5-7,13-14,18H2,1-4H3/t29-/m0/s1. The average Bonchev–Trinajstić information content (AvgIpc) is 3.48. The van der Waals surface area contributed by atoms with Gasteiger partial charge in [-0.3, -0.25) is 14.5 Å². The Kier molecular flexibility index (Phi) is 6.03. The zero-order valence-electron chi connectivity index (χ0n) is 24.0. The van der Waals surface area contributed by atoms with E-state index in [4.69, 9.17) is 9.72 Å². The molecule has 210 valence electrons. The first-order chi connectivity index (χ1) is 19.9. The summed E-state index contributed by atoms with van der Waals surface area (Å²) in [5, 5.41) is 5.71. The predicted octanol–water partition coefficient (Wildman–Crippen LogP) is 5.97. The van der Waals surface area contributed by atoms with E-state index in [1.165, 1.54) is 18.2 Å². The van der Waals surface area contributed by atoms with E-state index in [2.05, 4.69) is 59.1 Å². The van der Waals surface area contributed by atoms with Crippen molar-refractivity contribution in [1.29, 1.82) is 0 Å². The molecule has 41 heavy (non-hydrogen) atoms. The number of nitrogens with one attached hydrogen (secondary N) is 1. The Morgan fingerprint density at radius 2 is 1.88 bits per heavy atom. The lowest BCUT2D eigenvalue weighted by Crippen LogP contribution is -2.34. The smallest absolute Gasteiger partial charge is 0.259 e. The van der Waals surface area contributed by atoms with E-state index in [9.17, 15) is 9.59 Å². The molecule has 0 spiro atoms. The maximum atomic E-state index is 14.1. The quantitative estimate of drug-likeness (QED) is 0.338. The molecule has 3 aliphatic rings. The summed E-state index contributed by atoms with van der Waals surface area (Å²) in [4.78, 5) is 35.7. The molecule has 1 atom stereocenters. The molecule has 1 saturated heterocycles. The molecule has 0 aliphatic carbocycles. The van der Waals surface area contributed by atoms with Gasteiger partial charge in [-0.25, -0.2) is 4.98 Å². The lowest BCUT2D eigenvalue weighted by Gasteiger charge is -2.32. The first kappa shape index (κ1) is 25.6. The molecule has 1 N–H and O–H groups in total. The molecule has 1 fully saturated rings. The van der Waals surface area contributed by atoms with Crippen LogP contribution in [0.3, 0.4) is 0 Å². The number of fused-ring (bicyclic) bond motifs is 1. The maximum Gasteiger partial charge on any atom is 0.259 e. The molecular formula is C33H35N5O3. The SMILES string of the molecule is COc1ccc2cc([C@@H]3C4=C(CN(C(C)=O)C4=O)Nc4cccc5c4c3cn5C(C)C)c(N3CCCCC3)nc2c1. The number of imide groups is 1. The third-order valence-corrected chi connectivity index (χ3v) is 8.83. The number of hydrogen-bond donors (Lipinski definition) is 1. The third-order valence-electron chi connectivity index (χ3n) is 8.83. The van der Waals surface area contributed by atoms with Gasteiger partial charge in [0.25, 0.3) is 5.91 Å². The van der Waals surface area contributed by atoms with Crippen LogP contribution in [0.4, 0.5) is 11.5 Å². The third kappa shape index (κ3) is 3.99. The number of ether oxygens (including phenoxy) is 1. The topological polar surface area (TPSA) is 79.7 Å². The molecule has 5 heterocycles. The number of nitrogens with zero attached hydrogens (tertiary/aromatic N) is 4. The highest BCUT2D eigenvalue weighted by Crippen LogP contribution is 2.49. The molecule has 3 aliphatic heterocycles. The van der Waals surface area contributed by atoms with E-state index in [0.29, 0.717) is 5.57 Å². The van der Waals surface area contributed by atoms with Crippen molar-refractivity contribution in [2.45, 2.75) is 52.0 Å². The number of rotatable bonds is 4.